The maximum Gasteiger partial charge on any atom is 0.408 e. The summed E-state index contributed by atoms with van der Waals surface area (Å²) in [5, 5.41) is 17.4. The molecule has 0 radical (unpaired) electrons. The summed E-state index contributed by atoms with van der Waals surface area (Å²) in [5.74, 6) is -1.96. The highest BCUT2D eigenvalue weighted by atomic mass is 16.6. The predicted octanol–water partition coefficient (Wildman–Crippen LogP) is 1.57. The molecule has 0 saturated carbocycles. The number of carbonyl (C=O) groups excluding carboxylic acids is 4. The molecule has 10 heteroatoms. The van der Waals surface area contributed by atoms with E-state index in [4.69, 9.17) is 9.47 Å². The Labute approximate surface area is 199 Å². The van der Waals surface area contributed by atoms with E-state index in [1.807, 2.05) is 0 Å². The zero-order chi connectivity index (χ0) is 25.5. The number of esters is 1. The van der Waals surface area contributed by atoms with Crippen molar-refractivity contribution in [2.75, 3.05) is 6.61 Å². The molecule has 4 N–H and O–H groups in total. The lowest BCUT2D eigenvalue weighted by Crippen LogP contribution is -2.55. The maximum atomic E-state index is 12.9. The topological polar surface area (TPSA) is 143 Å². The van der Waals surface area contributed by atoms with Crippen molar-refractivity contribution < 1.29 is 33.8 Å². The number of benzene rings is 1. The van der Waals surface area contributed by atoms with E-state index < -0.39 is 47.6 Å². The van der Waals surface area contributed by atoms with E-state index >= 15 is 0 Å². The number of phenolic OH excluding ortho intramolecular Hbond substituents is 1. The van der Waals surface area contributed by atoms with Crippen molar-refractivity contribution in [2.24, 2.45) is 5.92 Å². The lowest BCUT2D eigenvalue weighted by atomic mass is 10.0. The van der Waals surface area contributed by atoms with Crippen molar-refractivity contribution in [1.29, 1.82) is 0 Å². The van der Waals surface area contributed by atoms with Crippen molar-refractivity contribution in [3.8, 4) is 5.75 Å². The minimum absolute atomic E-state index is 0.0690. The van der Waals surface area contributed by atoms with Crippen LogP contribution in [0.5, 0.6) is 5.75 Å². The van der Waals surface area contributed by atoms with Crippen LogP contribution in [0.2, 0.25) is 0 Å². The van der Waals surface area contributed by atoms with E-state index in [0.717, 1.165) is 0 Å². The van der Waals surface area contributed by atoms with Crippen LogP contribution >= 0.6 is 0 Å². The third-order valence-electron chi connectivity index (χ3n) is 4.81. The highest BCUT2D eigenvalue weighted by Crippen LogP contribution is 2.13. The fourth-order valence-corrected chi connectivity index (χ4v) is 3.14. The number of hydrogen-bond donors (Lipinski definition) is 4. The third kappa shape index (κ3) is 8.76. The first-order valence-corrected chi connectivity index (χ1v) is 11.1. The van der Waals surface area contributed by atoms with Crippen molar-refractivity contribution in [2.45, 2.75) is 64.8 Å². The molecule has 0 spiro atoms. The Hall–Kier alpha value is -3.56. The average molecular weight is 476 g/mol. The van der Waals surface area contributed by atoms with E-state index in [9.17, 15) is 24.3 Å². The summed E-state index contributed by atoms with van der Waals surface area (Å²) >= 11 is 0. The van der Waals surface area contributed by atoms with Gasteiger partial charge in [-0.1, -0.05) is 32.1 Å². The van der Waals surface area contributed by atoms with Crippen molar-refractivity contribution in [3.05, 3.63) is 42.0 Å². The molecular formula is C24H33N3O7. The lowest BCUT2D eigenvalue weighted by Gasteiger charge is -2.26. The van der Waals surface area contributed by atoms with Gasteiger partial charge in [0.2, 0.25) is 11.8 Å². The Kier molecular flexibility index (Phi) is 9.05. The van der Waals surface area contributed by atoms with Crippen molar-refractivity contribution in [1.82, 2.24) is 16.0 Å². The largest absolute Gasteiger partial charge is 0.508 e. The molecule has 1 aliphatic heterocycles. The van der Waals surface area contributed by atoms with Gasteiger partial charge in [-0.15, -0.1) is 0 Å². The molecule has 0 aliphatic carbocycles. The van der Waals surface area contributed by atoms with Gasteiger partial charge in [-0.05, 0) is 44.4 Å². The van der Waals surface area contributed by atoms with Gasteiger partial charge in [-0.3, -0.25) is 9.59 Å². The minimum atomic E-state index is -1.05. The van der Waals surface area contributed by atoms with Crippen LogP contribution in [-0.4, -0.2) is 59.3 Å². The highest BCUT2D eigenvalue weighted by Gasteiger charge is 2.30. The standard InChI is InChI=1S/C24H33N3O7/c1-14(2)20-21(30)26-18(12-15-6-9-17(28)10-7-15)22(31)33-13-16(8-11-19(29)27-20)25-23(32)34-24(3,4)5/h6-11,14,16,18,20,28H,12-13H2,1-5H3,(H,25,32)(H,26,30)(H,27,29)/b11-8+/t16-,18+,20+/m1/s1. The molecule has 0 saturated heterocycles. The molecular weight excluding hydrogens is 442 g/mol. The Morgan fingerprint density at radius 2 is 1.82 bits per heavy atom. The van der Waals surface area contributed by atoms with Crippen molar-refractivity contribution >= 4 is 23.9 Å². The molecule has 0 aromatic heterocycles. The quantitative estimate of drug-likeness (QED) is 0.484. The predicted molar refractivity (Wildman–Crippen MR) is 124 cm³/mol. The number of aromatic hydroxyl groups is 1. The van der Waals surface area contributed by atoms with Gasteiger partial charge in [-0.2, -0.15) is 0 Å². The Bertz CT molecular complexity index is 919. The number of ether oxygens (including phenoxy) is 2. The summed E-state index contributed by atoms with van der Waals surface area (Å²) in [7, 11) is 0. The zero-order valence-electron chi connectivity index (χ0n) is 20.1. The van der Waals surface area contributed by atoms with Crippen LogP contribution in [0.25, 0.3) is 0 Å². The van der Waals surface area contributed by atoms with Crippen LogP contribution in [-0.2, 0) is 30.3 Å². The number of carbonyl (C=O) groups is 4. The third-order valence-corrected chi connectivity index (χ3v) is 4.81. The number of hydrogen-bond acceptors (Lipinski definition) is 7. The maximum absolute atomic E-state index is 12.9. The van der Waals surface area contributed by atoms with Gasteiger partial charge in [0.1, 0.15) is 30.0 Å². The minimum Gasteiger partial charge on any atom is -0.508 e. The number of alkyl carbamates (subject to hydrolysis) is 1. The summed E-state index contributed by atoms with van der Waals surface area (Å²) in [4.78, 5) is 50.4. The highest BCUT2D eigenvalue weighted by molar-refractivity contribution is 5.94. The van der Waals surface area contributed by atoms with E-state index in [2.05, 4.69) is 16.0 Å². The molecule has 2 rings (SSSR count). The van der Waals surface area contributed by atoms with Gasteiger partial charge in [0, 0.05) is 12.5 Å². The first-order chi connectivity index (χ1) is 15.8. The molecule has 34 heavy (non-hydrogen) atoms. The second kappa shape index (κ2) is 11.5. The van der Waals surface area contributed by atoms with E-state index in [1.54, 1.807) is 46.8 Å². The summed E-state index contributed by atoms with van der Waals surface area (Å²) < 4.78 is 10.6. The monoisotopic (exact) mass is 475 g/mol. The number of phenols is 1. The van der Waals surface area contributed by atoms with Crippen LogP contribution < -0.4 is 16.0 Å². The second-order valence-electron chi connectivity index (χ2n) is 9.40. The molecule has 1 aromatic rings. The van der Waals surface area contributed by atoms with Crippen LogP contribution in [0.15, 0.2) is 36.4 Å². The molecule has 0 bridgehead atoms. The summed E-state index contributed by atoms with van der Waals surface area (Å²) in [5.41, 5.74) is -0.0578. The first kappa shape index (κ1) is 26.7. The Morgan fingerprint density at radius 1 is 1.18 bits per heavy atom. The Morgan fingerprint density at radius 3 is 2.41 bits per heavy atom. The lowest BCUT2D eigenvalue weighted by molar-refractivity contribution is -0.148. The number of cyclic esters (lactones) is 1. The first-order valence-electron chi connectivity index (χ1n) is 11.1. The smallest absolute Gasteiger partial charge is 0.408 e. The molecule has 186 valence electrons. The van der Waals surface area contributed by atoms with Gasteiger partial charge in [0.25, 0.3) is 0 Å². The van der Waals surface area contributed by atoms with E-state index in [-0.39, 0.29) is 24.7 Å². The fourth-order valence-electron chi connectivity index (χ4n) is 3.14. The van der Waals surface area contributed by atoms with Crippen molar-refractivity contribution in [3.63, 3.8) is 0 Å². The molecule has 0 fully saturated rings. The molecule has 0 unspecified atom stereocenters. The summed E-state index contributed by atoms with van der Waals surface area (Å²) in [6.45, 7) is 8.37. The SMILES string of the molecule is CC(C)[C@@H]1NC(=O)/C=C/[C@@H](NC(=O)OC(C)(C)C)COC(=O)[C@H](Cc2ccc(O)cc2)NC1=O. The van der Waals surface area contributed by atoms with Crippen LogP contribution in [0.1, 0.15) is 40.2 Å². The van der Waals surface area contributed by atoms with E-state index in [0.29, 0.717) is 5.56 Å². The van der Waals surface area contributed by atoms with Gasteiger partial charge in [0.05, 0.1) is 6.04 Å². The fraction of sp³-hybridized carbons (Fsp3) is 0.500. The summed E-state index contributed by atoms with van der Waals surface area (Å²) in [6.07, 6.45) is 1.91. The van der Waals surface area contributed by atoms with Crippen LogP contribution in [0.3, 0.4) is 0 Å². The number of rotatable bonds is 4. The number of amides is 3. The molecule has 1 aliphatic rings. The molecule has 3 atom stereocenters. The molecule has 1 aromatic carbocycles. The zero-order valence-corrected chi connectivity index (χ0v) is 20.1. The summed E-state index contributed by atoms with van der Waals surface area (Å²) in [6, 6.07) is 3.40. The Balaban J connectivity index is 2.28. The van der Waals surface area contributed by atoms with E-state index in [1.165, 1.54) is 24.3 Å². The molecule has 1 heterocycles. The molecule has 3 amide bonds. The normalized spacial score (nSPS) is 23.0. The van der Waals surface area contributed by atoms with Crippen LogP contribution in [0.4, 0.5) is 4.79 Å². The van der Waals surface area contributed by atoms with Gasteiger partial charge < -0.3 is 30.5 Å². The van der Waals surface area contributed by atoms with Gasteiger partial charge in [0.15, 0.2) is 0 Å². The molecule has 10 nitrogen and oxygen atoms in total. The second-order valence-corrected chi connectivity index (χ2v) is 9.40. The van der Waals surface area contributed by atoms with Gasteiger partial charge in [-0.25, -0.2) is 9.59 Å². The van der Waals surface area contributed by atoms with Gasteiger partial charge >= 0.3 is 12.1 Å². The van der Waals surface area contributed by atoms with Crippen LogP contribution in [0, 0.1) is 5.92 Å². The average Bonchev–Trinajstić information content (AvgIpc) is 2.72. The number of nitrogens with one attached hydrogen (secondary N) is 3.